The van der Waals surface area contributed by atoms with E-state index in [1.165, 1.54) is 11.9 Å². The van der Waals surface area contributed by atoms with Crippen molar-refractivity contribution in [3.05, 3.63) is 23.6 Å². The molecule has 0 saturated carbocycles. The molecule has 1 aliphatic heterocycles. The van der Waals surface area contributed by atoms with Crippen molar-refractivity contribution < 1.29 is 4.79 Å². The number of amides is 1. The number of allylic oxidation sites excluding steroid dienone is 2. The summed E-state index contributed by atoms with van der Waals surface area (Å²) in [5, 5.41) is 1.78. The van der Waals surface area contributed by atoms with E-state index in [1.54, 1.807) is 17.6 Å². The van der Waals surface area contributed by atoms with Crippen LogP contribution in [0.4, 0.5) is 0 Å². The third kappa shape index (κ3) is 1.42. The molecule has 3 heteroatoms. The number of carbonyl (C=O) groups is 1. The standard InChI is InChI=1S/C5H4NOS/c7-5-3-1-2-4-8-6-5/h1-2,4H,(H,6,7). The highest BCUT2D eigenvalue weighted by atomic mass is 32.2. The quantitative estimate of drug-likeness (QED) is 0.482. The molecule has 0 aromatic carbocycles. The average Bonchev–Trinajstić information content (AvgIpc) is 1.94. The maximum Gasteiger partial charge on any atom is 0.262 e. The van der Waals surface area contributed by atoms with Gasteiger partial charge in [-0.25, -0.2) is 0 Å². The van der Waals surface area contributed by atoms with Crippen LogP contribution in [0, 0.1) is 6.08 Å². The molecule has 1 rings (SSSR count). The lowest BCUT2D eigenvalue weighted by molar-refractivity contribution is -0.115. The molecule has 1 radical (unpaired) electrons. The van der Waals surface area contributed by atoms with Crippen molar-refractivity contribution in [2.75, 3.05) is 0 Å². The van der Waals surface area contributed by atoms with Crippen LogP contribution in [-0.4, -0.2) is 5.91 Å². The lowest BCUT2D eigenvalue weighted by atomic mass is 10.5. The van der Waals surface area contributed by atoms with Crippen LogP contribution in [0.25, 0.3) is 0 Å². The minimum absolute atomic E-state index is 0.181. The molecule has 41 valence electrons. The lowest BCUT2D eigenvalue weighted by Crippen LogP contribution is -2.10. The third-order valence-electron chi connectivity index (χ3n) is 0.609. The second-order valence-electron chi connectivity index (χ2n) is 1.19. The number of rotatable bonds is 0. The monoisotopic (exact) mass is 126 g/mol. The number of hydrogen-bond acceptors (Lipinski definition) is 2. The summed E-state index contributed by atoms with van der Waals surface area (Å²) >= 11 is 1.25. The first-order chi connectivity index (χ1) is 3.89. The fourth-order valence-corrected chi connectivity index (χ4v) is 0.711. The Bertz CT molecular complexity index is 151. The first kappa shape index (κ1) is 5.44. The molecule has 0 saturated heterocycles. The van der Waals surface area contributed by atoms with E-state index in [4.69, 9.17) is 0 Å². The van der Waals surface area contributed by atoms with Crippen LogP contribution in [0.2, 0.25) is 0 Å². The van der Waals surface area contributed by atoms with Crippen molar-refractivity contribution in [1.82, 2.24) is 4.72 Å². The molecular weight excluding hydrogens is 122 g/mol. The molecule has 0 bridgehead atoms. The zero-order valence-electron chi connectivity index (χ0n) is 4.05. The molecule has 0 unspecified atom stereocenters. The lowest BCUT2D eigenvalue weighted by Gasteiger charge is -1.88. The molecule has 8 heavy (non-hydrogen) atoms. The van der Waals surface area contributed by atoms with Crippen molar-refractivity contribution in [1.29, 1.82) is 0 Å². The molecule has 0 spiro atoms. The molecule has 1 aliphatic rings. The van der Waals surface area contributed by atoms with Gasteiger partial charge in [-0.3, -0.25) is 9.52 Å². The Hall–Kier alpha value is -0.700. The predicted octanol–water partition coefficient (Wildman–Crippen LogP) is 0.637. The Labute approximate surface area is 51.8 Å². The van der Waals surface area contributed by atoms with Gasteiger partial charge in [-0.1, -0.05) is 6.08 Å². The summed E-state index contributed by atoms with van der Waals surface area (Å²) in [7, 11) is 0. The Kier molecular flexibility index (Phi) is 1.75. The van der Waals surface area contributed by atoms with Gasteiger partial charge in [0.25, 0.3) is 5.91 Å². The Morgan fingerprint density at radius 2 is 2.62 bits per heavy atom. The molecule has 0 fully saturated rings. The second-order valence-corrected chi connectivity index (χ2v) is 1.90. The number of nitrogens with one attached hydrogen (secondary N) is 1. The smallest absolute Gasteiger partial charge is 0.262 e. The van der Waals surface area contributed by atoms with Gasteiger partial charge in [0.1, 0.15) is 0 Å². The van der Waals surface area contributed by atoms with Crippen LogP contribution >= 0.6 is 11.9 Å². The molecule has 2 nitrogen and oxygen atoms in total. The molecule has 1 heterocycles. The van der Waals surface area contributed by atoms with Crippen LogP contribution in [0.15, 0.2) is 17.6 Å². The predicted molar refractivity (Wildman–Crippen MR) is 32.7 cm³/mol. The summed E-state index contributed by atoms with van der Waals surface area (Å²) in [5.74, 6) is -0.181. The van der Waals surface area contributed by atoms with E-state index in [0.717, 1.165) is 0 Å². The van der Waals surface area contributed by atoms with Gasteiger partial charge < -0.3 is 0 Å². The molecule has 0 aromatic heterocycles. The summed E-state index contributed by atoms with van der Waals surface area (Å²) in [5.41, 5.74) is 0. The summed E-state index contributed by atoms with van der Waals surface area (Å²) < 4.78 is 2.49. The highest BCUT2D eigenvalue weighted by Gasteiger charge is 1.93. The molecule has 1 N–H and O–H groups in total. The van der Waals surface area contributed by atoms with E-state index in [-0.39, 0.29) is 5.91 Å². The van der Waals surface area contributed by atoms with Gasteiger partial charge in [0.05, 0.1) is 6.08 Å². The van der Waals surface area contributed by atoms with E-state index in [1.807, 2.05) is 0 Å². The van der Waals surface area contributed by atoms with E-state index < -0.39 is 0 Å². The molecule has 0 aliphatic carbocycles. The second kappa shape index (κ2) is 2.57. The van der Waals surface area contributed by atoms with Gasteiger partial charge in [0, 0.05) is 0 Å². The fraction of sp³-hybridized carbons (Fsp3) is 0. The third-order valence-corrected chi connectivity index (χ3v) is 1.21. The molecule has 0 atom stereocenters. The molecular formula is C5H4NOS. The fourth-order valence-electron chi connectivity index (χ4n) is 0.319. The van der Waals surface area contributed by atoms with Gasteiger partial charge in [0.15, 0.2) is 0 Å². The summed E-state index contributed by atoms with van der Waals surface area (Å²) in [6.45, 7) is 0. The van der Waals surface area contributed by atoms with Crippen LogP contribution in [0.3, 0.4) is 0 Å². The maximum atomic E-state index is 10.4. The van der Waals surface area contributed by atoms with E-state index >= 15 is 0 Å². The van der Waals surface area contributed by atoms with Gasteiger partial charge in [-0.15, -0.1) is 0 Å². The first-order valence-corrected chi connectivity index (χ1v) is 2.98. The van der Waals surface area contributed by atoms with E-state index in [2.05, 4.69) is 10.8 Å². The Morgan fingerprint density at radius 1 is 1.75 bits per heavy atom. The zero-order chi connectivity index (χ0) is 5.82. The van der Waals surface area contributed by atoms with Crippen molar-refractivity contribution >= 4 is 17.9 Å². The van der Waals surface area contributed by atoms with E-state index in [9.17, 15) is 4.79 Å². The van der Waals surface area contributed by atoms with Crippen molar-refractivity contribution in [2.24, 2.45) is 0 Å². The number of hydrogen-bond donors (Lipinski definition) is 1. The normalized spacial score (nSPS) is 17.8. The minimum Gasteiger partial charge on any atom is -0.292 e. The van der Waals surface area contributed by atoms with Crippen molar-refractivity contribution in [2.45, 2.75) is 0 Å². The Balaban J connectivity index is 2.58. The van der Waals surface area contributed by atoms with Gasteiger partial charge >= 0.3 is 0 Å². The van der Waals surface area contributed by atoms with Gasteiger partial charge in [0.2, 0.25) is 0 Å². The minimum atomic E-state index is -0.181. The van der Waals surface area contributed by atoms with Crippen LogP contribution in [0.1, 0.15) is 0 Å². The maximum absolute atomic E-state index is 10.4. The highest BCUT2D eigenvalue weighted by molar-refractivity contribution is 8.00. The summed E-state index contributed by atoms with van der Waals surface area (Å²) in [6, 6.07) is 0. The van der Waals surface area contributed by atoms with Crippen LogP contribution in [0.5, 0.6) is 0 Å². The van der Waals surface area contributed by atoms with Crippen LogP contribution in [-0.2, 0) is 4.79 Å². The summed E-state index contributed by atoms with van der Waals surface area (Å²) in [4.78, 5) is 10.4. The first-order valence-electron chi connectivity index (χ1n) is 2.10. The topological polar surface area (TPSA) is 29.1 Å². The SMILES string of the molecule is O=C1[C]=CC=CSN1. The van der Waals surface area contributed by atoms with Crippen LogP contribution < -0.4 is 4.72 Å². The molecule has 0 aromatic rings. The average molecular weight is 126 g/mol. The summed E-state index contributed by atoms with van der Waals surface area (Å²) in [6.07, 6.45) is 5.79. The number of carbonyl (C=O) groups excluding carboxylic acids is 1. The van der Waals surface area contributed by atoms with Crippen molar-refractivity contribution in [3.63, 3.8) is 0 Å². The highest BCUT2D eigenvalue weighted by Crippen LogP contribution is 1.98. The van der Waals surface area contributed by atoms with Gasteiger partial charge in [-0.05, 0) is 23.4 Å². The van der Waals surface area contributed by atoms with Crippen molar-refractivity contribution in [3.8, 4) is 0 Å². The Morgan fingerprint density at radius 3 is 3.50 bits per heavy atom. The largest absolute Gasteiger partial charge is 0.292 e. The van der Waals surface area contributed by atoms with E-state index in [0.29, 0.717) is 0 Å². The van der Waals surface area contributed by atoms with Gasteiger partial charge in [-0.2, -0.15) is 0 Å². The zero-order valence-corrected chi connectivity index (χ0v) is 4.87. The molecule has 1 amide bonds.